The molecule has 0 heterocycles. The average molecular weight is 649 g/mol. The van der Waals surface area contributed by atoms with Gasteiger partial charge in [-0.2, -0.15) is 0 Å². The van der Waals surface area contributed by atoms with E-state index >= 15 is 0 Å². The van der Waals surface area contributed by atoms with Crippen molar-refractivity contribution < 1.29 is 23.9 Å². The average Bonchev–Trinajstić information content (AvgIpc) is 3.07. The molecule has 0 aliphatic rings. The molecule has 2 atom stereocenters. The molecule has 0 saturated carbocycles. The summed E-state index contributed by atoms with van der Waals surface area (Å²) in [6, 6.07) is 35.8. The van der Waals surface area contributed by atoms with Gasteiger partial charge in [0.05, 0.1) is 5.92 Å². The first-order chi connectivity index (χ1) is 23.0. The summed E-state index contributed by atoms with van der Waals surface area (Å²) in [5.74, 6) is -1.40. The molecule has 48 heavy (non-hydrogen) atoms. The fourth-order valence-corrected chi connectivity index (χ4v) is 5.42. The summed E-state index contributed by atoms with van der Waals surface area (Å²) in [4.78, 5) is 42.7. The van der Waals surface area contributed by atoms with Crippen LogP contribution in [0.15, 0.2) is 115 Å². The third-order valence-corrected chi connectivity index (χ3v) is 7.69. The van der Waals surface area contributed by atoms with E-state index in [-0.39, 0.29) is 31.5 Å². The largest absolute Gasteiger partial charge is 0.460 e. The van der Waals surface area contributed by atoms with Crippen LogP contribution in [-0.4, -0.2) is 47.6 Å². The van der Waals surface area contributed by atoms with Gasteiger partial charge >= 0.3 is 18.0 Å². The molecule has 1 unspecified atom stereocenters. The highest BCUT2D eigenvalue weighted by molar-refractivity contribution is 5.84. The van der Waals surface area contributed by atoms with Crippen molar-refractivity contribution in [3.63, 3.8) is 0 Å². The summed E-state index contributed by atoms with van der Waals surface area (Å²) in [7, 11) is 0. The Hall–Kier alpha value is -4.91. The van der Waals surface area contributed by atoms with Crippen molar-refractivity contribution in [2.24, 2.45) is 11.8 Å². The molecular formula is C41H48N2O5. The minimum absolute atomic E-state index is 0.0898. The molecule has 4 rings (SSSR count). The van der Waals surface area contributed by atoms with Crippen molar-refractivity contribution >= 4 is 18.0 Å². The van der Waals surface area contributed by atoms with Gasteiger partial charge in [0.25, 0.3) is 0 Å². The van der Waals surface area contributed by atoms with Gasteiger partial charge in [-0.05, 0) is 60.9 Å². The van der Waals surface area contributed by atoms with Crippen LogP contribution in [0.5, 0.6) is 0 Å². The number of amides is 2. The lowest BCUT2D eigenvalue weighted by atomic mass is 9.98. The third-order valence-electron chi connectivity index (χ3n) is 7.69. The number of carbonyl (C=O) groups excluding carboxylic acids is 3. The second-order valence-electron chi connectivity index (χ2n) is 13.6. The molecule has 0 radical (unpaired) electrons. The second-order valence-corrected chi connectivity index (χ2v) is 13.6. The van der Waals surface area contributed by atoms with Crippen LogP contribution in [0.25, 0.3) is 11.1 Å². The summed E-state index contributed by atoms with van der Waals surface area (Å²) >= 11 is 0. The Labute approximate surface area is 285 Å². The maximum atomic E-state index is 14.0. The normalized spacial score (nSPS) is 12.5. The van der Waals surface area contributed by atoms with Gasteiger partial charge in [0.2, 0.25) is 0 Å². The molecule has 0 aliphatic carbocycles. The number of urea groups is 1. The highest BCUT2D eigenvalue weighted by atomic mass is 16.6. The van der Waals surface area contributed by atoms with Crippen LogP contribution >= 0.6 is 0 Å². The Morgan fingerprint density at radius 2 is 1.17 bits per heavy atom. The van der Waals surface area contributed by atoms with Crippen molar-refractivity contribution in [1.29, 1.82) is 0 Å². The molecule has 0 bridgehead atoms. The zero-order chi connectivity index (χ0) is 34.5. The zero-order valence-corrected chi connectivity index (χ0v) is 28.7. The molecule has 0 aliphatic heterocycles. The first kappa shape index (κ1) is 35.9. The number of hydrogen-bond donors (Lipinski definition) is 1. The SMILES string of the molecule is CC(C)CN(CC(Cc1ccccc1)C(=O)OC(C)(C)C)C(=O)N[C@@H](Cc1ccc(-c2ccccc2)cc1)C(=O)OCc1ccccc1. The van der Waals surface area contributed by atoms with Gasteiger partial charge in [0.1, 0.15) is 18.2 Å². The molecular weight excluding hydrogens is 600 g/mol. The Morgan fingerprint density at radius 3 is 1.73 bits per heavy atom. The van der Waals surface area contributed by atoms with E-state index in [0.717, 1.165) is 27.8 Å². The Balaban J connectivity index is 1.56. The number of carbonyl (C=O) groups is 3. The van der Waals surface area contributed by atoms with Gasteiger partial charge < -0.3 is 19.7 Å². The van der Waals surface area contributed by atoms with E-state index in [9.17, 15) is 14.4 Å². The molecule has 252 valence electrons. The van der Waals surface area contributed by atoms with E-state index in [1.807, 2.05) is 150 Å². The first-order valence-electron chi connectivity index (χ1n) is 16.6. The minimum atomic E-state index is -0.951. The fraction of sp³-hybridized carbons (Fsp3) is 0.341. The second kappa shape index (κ2) is 17.3. The van der Waals surface area contributed by atoms with E-state index in [2.05, 4.69) is 5.32 Å². The molecule has 7 nitrogen and oxygen atoms in total. The van der Waals surface area contributed by atoms with Crippen molar-refractivity contribution in [3.8, 4) is 11.1 Å². The molecule has 4 aromatic carbocycles. The lowest BCUT2D eigenvalue weighted by Crippen LogP contribution is -2.52. The standard InChI is InChI=1S/C41H48N2O5/c1-30(2)27-43(28-36(38(44)48-41(3,4)5)25-31-15-9-6-10-16-31)40(46)42-37(39(45)47-29-33-17-11-7-12-18-33)26-32-21-23-35(24-22-32)34-19-13-8-14-20-34/h6-24,30,36-37H,25-29H2,1-5H3,(H,42,46)/t36?,37-/m0/s1. The topological polar surface area (TPSA) is 84.9 Å². The number of benzene rings is 4. The zero-order valence-electron chi connectivity index (χ0n) is 28.7. The summed E-state index contributed by atoms with van der Waals surface area (Å²) < 4.78 is 11.5. The van der Waals surface area contributed by atoms with Crippen molar-refractivity contribution in [2.75, 3.05) is 13.1 Å². The van der Waals surface area contributed by atoms with Gasteiger partial charge in [0, 0.05) is 19.5 Å². The number of hydrogen-bond acceptors (Lipinski definition) is 5. The van der Waals surface area contributed by atoms with Gasteiger partial charge in [-0.3, -0.25) is 4.79 Å². The molecule has 2 amide bonds. The van der Waals surface area contributed by atoms with Crippen molar-refractivity contribution in [1.82, 2.24) is 10.2 Å². The Bertz CT molecular complexity index is 1580. The summed E-state index contributed by atoms with van der Waals surface area (Å²) in [5.41, 5.74) is 4.17. The van der Waals surface area contributed by atoms with Crippen LogP contribution in [0.1, 0.15) is 51.3 Å². The fourth-order valence-electron chi connectivity index (χ4n) is 5.42. The first-order valence-corrected chi connectivity index (χ1v) is 16.6. The minimum Gasteiger partial charge on any atom is -0.460 e. The Morgan fingerprint density at radius 1 is 0.646 bits per heavy atom. The highest BCUT2D eigenvalue weighted by Crippen LogP contribution is 2.21. The smallest absolute Gasteiger partial charge is 0.329 e. The quantitative estimate of drug-likeness (QED) is 0.141. The maximum absolute atomic E-state index is 14.0. The predicted molar refractivity (Wildman–Crippen MR) is 190 cm³/mol. The van der Waals surface area contributed by atoms with Crippen molar-refractivity contribution in [2.45, 2.75) is 65.7 Å². The lowest BCUT2D eigenvalue weighted by molar-refractivity contribution is -0.160. The van der Waals surface area contributed by atoms with Crippen LogP contribution in [0.3, 0.4) is 0 Å². The van der Waals surface area contributed by atoms with Crippen LogP contribution in [0.4, 0.5) is 4.79 Å². The van der Waals surface area contributed by atoms with E-state index in [4.69, 9.17) is 9.47 Å². The van der Waals surface area contributed by atoms with Crippen LogP contribution in [-0.2, 0) is 38.5 Å². The van der Waals surface area contributed by atoms with Crippen LogP contribution < -0.4 is 5.32 Å². The van der Waals surface area contributed by atoms with Gasteiger partial charge in [0.15, 0.2) is 0 Å². The molecule has 7 heteroatoms. The molecule has 0 fully saturated rings. The number of nitrogens with zero attached hydrogens (tertiary/aromatic N) is 1. The van der Waals surface area contributed by atoms with Gasteiger partial charge in [-0.25, -0.2) is 9.59 Å². The summed E-state index contributed by atoms with van der Waals surface area (Å²) in [5, 5.41) is 2.97. The number of ether oxygens (including phenoxy) is 2. The van der Waals surface area contributed by atoms with E-state index in [1.165, 1.54) is 0 Å². The Kier molecular flexibility index (Phi) is 13.0. The van der Waals surface area contributed by atoms with E-state index < -0.39 is 29.6 Å². The summed E-state index contributed by atoms with van der Waals surface area (Å²) in [6.07, 6.45) is 0.650. The number of nitrogens with one attached hydrogen (secondary N) is 1. The van der Waals surface area contributed by atoms with E-state index in [0.29, 0.717) is 13.0 Å². The lowest BCUT2D eigenvalue weighted by Gasteiger charge is -2.31. The molecule has 1 N–H and O–H groups in total. The van der Waals surface area contributed by atoms with Gasteiger partial charge in [-0.15, -0.1) is 0 Å². The van der Waals surface area contributed by atoms with Gasteiger partial charge in [-0.1, -0.05) is 129 Å². The molecule has 0 saturated heterocycles. The molecule has 0 aromatic heterocycles. The van der Waals surface area contributed by atoms with Crippen LogP contribution in [0, 0.1) is 11.8 Å². The van der Waals surface area contributed by atoms with Crippen LogP contribution in [0.2, 0.25) is 0 Å². The molecule has 0 spiro atoms. The number of rotatable bonds is 14. The van der Waals surface area contributed by atoms with E-state index in [1.54, 1.807) is 4.90 Å². The van der Waals surface area contributed by atoms with Crippen molar-refractivity contribution in [3.05, 3.63) is 132 Å². The summed E-state index contributed by atoms with van der Waals surface area (Å²) in [6.45, 7) is 10.1. The maximum Gasteiger partial charge on any atom is 0.329 e. The highest BCUT2D eigenvalue weighted by Gasteiger charge is 2.31. The predicted octanol–water partition coefficient (Wildman–Crippen LogP) is 7.88. The monoisotopic (exact) mass is 648 g/mol. The number of esters is 2. The molecule has 4 aromatic rings. The third kappa shape index (κ3) is 11.7.